The van der Waals surface area contributed by atoms with Gasteiger partial charge in [0.15, 0.2) is 0 Å². The molecule has 106 valence electrons. The molecule has 2 aromatic rings. The number of hydrogen-bond acceptors (Lipinski definition) is 0. The van der Waals surface area contributed by atoms with Gasteiger partial charge in [0.2, 0.25) is 0 Å². The average molecular weight is 356 g/mol. The zero-order valence-electron chi connectivity index (χ0n) is 11.4. The van der Waals surface area contributed by atoms with Crippen LogP contribution in [0.15, 0.2) is 48.5 Å². The molecule has 3 heteroatoms. The summed E-state index contributed by atoms with van der Waals surface area (Å²) in [7, 11) is 0. The van der Waals surface area contributed by atoms with Crippen molar-refractivity contribution < 1.29 is 4.39 Å². The van der Waals surface area contributed by atoms with Crippen LogP contribution in [0, 0.1) is 5.82 Å². The summed E-state index contributed by atoms with van der Waals surface area (Å²) in [5.41, 5.74) is 1.84. The van der Waals surface area contributed by atoms with Crippen LogP contribution in [0.4, 0.5) is 4.39 Å². The minimum atomic E-state index is -0.229. The van der Waals surface area contributed by atoms with E-state index in [1.165, 1.54) is 11.6 Å². The predicted octanol–water partition coefficient (Wildman–Crippen LogP) is 5.76. The van der Waals surface area contributed by atoms with E-state index in [1.54, 1.807) is 12.1 Å². The molecule has 0 aliphatic carbocycles. The highest BCUT2D eigenvalue weighted by atomic mass is 79.9. The Hall–Kier alpha value is -0.860. The van der Waals surface area contributed by atoms with Gasteiger partial charge < -0.3 is 0 Å². The van der Waals surface area contributed by atoms with Gasteiger partial charge in [-0.3, -0.25) is 0 Å². The summed E-state index contributed by atoms with van der Waals surface area (Å²) in [6.45, 7) is 2.14. The Labute approximate surface area is 133 Å². The van der Waals surface area contributed by atoms with Crippen LogP contribution in [-0.2, 0) is 11.8 Å². The van der Waals surface area contributed by atoms with Gasteiger partial charge in [-0.15, -0.1) is 0 Å². The zero-order chi connectivity index (χ0) is 14.6. The van der Waals surface area contributed by atoms with E-state index in [2.05, 4.69) is 35.0 Å². The molecule has 0 radical (unpaired) electrons. The lowest BCUT2D eigenvalue weighted by molar-refractivity contribution is 0.452. The van der Waals surface area contributed by atoms with Crippen molar-refractivity contribution in [2.45, 2.75) is 25.2 Å². The summed E-state index contributed by atoms with van der Waals surface area (Å²) < 4.78 is 14.1. The minimum absolute atomic E-state index is 0.101. The molecule has 0 nitrogen and oxygen atoms in total. The van der Waals surface area contributed by atoms with Crippen molar-refractivity contribution >= 4 is 27.5 Å². The van der Waals surface area contributed by atoms with Crippen LogP contribution >= 0.6 is 27.5 Å². The van der Waals surface area contributed by atoms with Crippen LogP contribution in [-0.4, -0.2) is 5.33 Å². The third-order valence-electron chi connectivity index (χ3n) is 3.86. The normalized spacial score (nSPS) is 14.0. The van der Waals surface area contributed by atoms with Gasteiger partial charge in [0.1, 0.15) is 5.82 Å². The molecule has 0 amide bonds. The molecule has 0 saturated carbocycles. The van der Waals surface area contributed by atoms with Gasteiger partial charge in [0, 0.05) is 15.8 Å². The first-order valence-corrected chi connectivity index (χ1v) is 8.16. The Balaban J connectivity index is 2.39. The number of rotatable bonds is 5. The van der Waals surface area contributed by atoms with Crippen LogP contribution in [0.1, 0.15) is 24.5 Å². The van der Waals surface area contributed by atoms with E-state index in [0.717, 1.165) is 11.8 Å². The van der Waals surface area contributed by atoms with Gasteiger partial charge in [-0.2, -0.15) is 0 Å². The first-order valence-electron chi connectivity index (χ1n) is 6.67. The van der Waals surface area contributed by atoms with Gasteiger partial charge in [-0.1, -0.05) is 70.9 Å². The SMILES string of the molecule is CCC(CBr)(Cc1ccc(Cl)cc1F)c1ccccc1. The van der Waals surface area contributed by atoms with Gasteiger partial charge >= 0.3 is 0 Å². The van der Waals surface area contributed by atoms with Crippen molar-refractivity contribution in [2.75, 3.05) is 5.33 Å². The Morgan fingerprint density at radius 2 is 1.85 bits per heavy atom. The summed E-state index contributed by atoms with van der Waals surface area (Å²) in [6, 6.07) is 15.2. The number of hydrogen-bond donors (Lipinski definition) is 0. The van der Waals surface area contributed by atoms with Crippen LogP contribution < -0.4 is 0 Å². The van der Waals surface area contributed by atoms with Crippen molar-refractivity contribution in [3.63, 3.8) is 0 Å². The lowest BCUT2D eigenvalue weighted by Crippen LogP contribution is -2.30. The molecule has 2 aromatic carbocycles. The maximum absolute atomic E-state index is 14.1. The fraction of sp³-hybridized carbons (Fsp3) is 0.294. The minimum Gasteiger partial charge on any atom is -0.207 e. The molecule has 0 spiro atoms. The van der Waals surface area contributed by atoms with Crippen LogP contribution in [0.5, 0.6) is 0 Å². The van der Waals surface area contributed by atoms with E-state index in [4.69, 9.17) is 11.6 Å². The second-order valence-electron chi connectivity index (χ2n) is 5.05. The topological polar surface area (TPSA) is 0 Å². The van der Waals surface area contributed by atoms with Gasteiger partial charge in [-0.05, 0) is 36.1 Å². The lowest BCUT2D eigenvalue weighted by atomic mass is 9.75. The molecule has 1 atom stereocenters. The Morgan fingerprint density at radius 3 is 2.40 bits per heavy atom. The first kappa shape index (κ1) is 15.5. The molecule has 0 saturated heterocycles. The molecular formula is C17H17BrClF. The quantitative estimate of drug-likeness (QED) is 0.598. The molecular weight excluding hydrogens is 339 g/mol. The van der Waals surface area contributed by atoms with Crippen molar-refractivity contribution in [3.05, 3.63) is 70.5 Å². The second-order valence-corrected chi connectivity index (χ2v) is 6.04. The predicted molar refractivity (Wildman–Crippen MR) is 87.3 cm³/mol. The number of alkyl halides is 1. The van der Waals surface area contributed by atoms with E-state index in [-0.39, 0.29) is 11.2 Å². The van der Waals surface area contributed by atoms with Crippen LogP contribution in [0.3, 0.4) is 0 Å². The highest BCUT2D eigenvalue weighted by Gasteiger charge is 2.30. The Bertz CT molecular complexity index is 564. The standard InChI is InChI=1S/C17H17BrClF/c1-2-17(12-18,14-6-4-3-5-7-14)11-13-8-9-15(19)10-16(13)20/h3-10H,2,11-12H2,1H3. The van der Waals surface area contributed by atoms with Crippen LogP contribution in [0.2, 0.25) is 5.02 Å². The molecule has 0 heterocycles. The first-order chi connectivity index (χ1) is 9.61. The Kier molecular flexibility index (Phi) is 5.22. The molecule has 0 aliphatic rings. The second kappa shape index (κ2) is 6.73. The molecule has 0 bridgehead atoms. The van der Waals surface area contributed by atoms with E-state index < -0.39 is 0 Å². The van der Waals surface area contributed by atoms with Crippen molar-refractivity contribution in [1.29, 1.82) is 0 Å². The van der Waals surface area contributed by atoms with Crippen molar-refractivity contribution in [3.8, 4) is 0 Å². The van der Waals surface area contributed by atoms with E-state index in [1.807, 2.05) is 18.2 Å². The number of benzene rings is 2. The smallest absolute Gasteiger partial charge is 0.127 e. The van der Waals surface area contributed by atoms with E-state index in [9.17, 15) is 4.39 Å². The summed E-state index contributed by atoms with van der Waals surface area (Å²) in [4.78, 5) is 0. The van der Waals surface area contributed by atoms with Crippen LogP contribution in [0.25, 0.3) is 0 Å². The summed E-state index contributed by atoms with van der Waals surface area (Å²) in [5.74, 6) is -0.229. The van der Waals surface area contributed by atoms with Gasteiger partial charge in [0.25, 0.3) is 0 Å². The van der Waals surface area contributed by atoms with E-state index in [0.29, 0.717) is 17.0 Å². The largest absolute Gasteiger partial charge is 0.207 e. The van der Waals surface area contributed by atoms with Gasteiger partial charge in [-0.25, -0.2) is 4.39 Å². The Morgan fingerprint density at radius 1 is 1.15 bits per heavy atom. The maximum Gasteiger partial charge on any atom is 0.127 e. The highest BCUT2D eigenvalue weighted by molar-refractivity contribution is 9.09. The van der Waals surface area contributed by atoms with Gasteiger partial charge in [0.05, 0.1) is 0 Å². The van der Waals surface area contributed by atoms with E-state index >= 15 is 0 Å². The molecule has 0 aromatic heterocycles. The molecule has 0 N–H and O–H groups in total. The summed E-state index contributed by atoms with van der Waals surface area (Å²) >= 11 is 9.44. The fourth-order valence-corrected chi connectivity index (χ4v) is 3.55. The maximum atomic E-state index is 14.1. The zero-order valence-corrected chi connectivity index (χ0v) is 13.7. The van der Waals surface area contributed by atoms with Crippen molar-refractivity contribution in [2.24, 2.45) is 0 Å². The van der Waals surface area contributed by atoms with Crippen molar-refractivity contribution in [1.82, 2.24) is 0 Å². The molecule has 2 rings (SSSR count). The third-order valence-corrected chi connectivity index (χ3v) is 5.17. The molecule has 1 unspecified atom stereocenters. The molecule has 0 aliphatic heterocycles. The number of halogens is 3. The monoisotopic (exact) mass is 354 g/mol. The molecule has 0 fully saturated rings. The lowest BCUT2D eigenvalue weighted by Gasteiger charge is -2.32. The summed E-state index contributed by atoms with van der Waals surface area (Å²) in [5, 5.41) is 1.23. The summed E-state index contributed by atoms with van der Waals surface area (Å²) in [6.07, 6.45) is 1.59. The fourth-order valence-electron chi connectivity index (χ4n) is 2.47. The highest BCUT2D eigenvalue weighted by Crippen LogP contribution is 2.35. The molecule has 20 heavy (non-hydrogen) atoms. The third kappa shape index (κ3) is 3.24. The average Bonchev–Trinajstić information content (AvgIpc) is 2.48.